The smallest absolute Gasteiger partial charge is 0.238 e. The molecule has 0 N–H and O–H groups in total. The zero-order valence-corrected chi connectivity index (χ0v) is 9.88. The van der Waals surface area contributed by atoms with Gasteiger partial charge in [-0.3, -0.25) is 0 Å². The largest absolute Gasteiger partial charge is 0.461 e. The molecule has 0 atom stereocenters. The van der Waals surface area contributed by atoms with E-state index in [0.29, 0.717) is 22.8 Å². The number of hydrogen-bond acceptors (Lipinski definition) is 5. The van der Waals surface area contributed by atoms with E-state index in [1.807, 2.05) is 0 Å². The predicted molar refractivity (Wildman–Crippen MR) is 57.4 cm³/mol. The monoisotopic (exact) mass is 261 g/mol. The van der Waals surface area contributed by atoms with Crippen LogP contribution in [0, 0.1) is 6.92 Å². The van der Waals surface area contributed by atoms with Crippen molar-refractivity contribution >= 4 is 19.7 Å². The predicted octanol–water partition coefficient (Wildman–Crippen LogP) is 2.31. The summed E-state index contributed by atoms with van der Waals surface area (Å²) in [5.74, 6) is 0.563. The lowest BCUT2D eigenvalue weighted by Crippen LogP contribution is -1.96. The van der Waals surface area contributed by atoms with Gasteiger partial charge >= 0.3 is 0 Å². The second-order valence-corrected chi connectivity index (χ2v) is 6.02. The summed E-state index contributed by atoms with van der Waals surface area (Å²) in [5, 5.41) is 3.66. The van der Waals surface area contributed by atoms with E-state index in [2.05, 4.69) is 5.16 Å². The molecule has 0 amide bonds. The molecule has 0 aromatic carbocycles. The minimum atomic E-state index is -3.64. The zero-order valence-electron chi connectivity index (χ0n) is 8.31. The molecule has 16 heavy (non-hydrogen) atoms. The Hall–Kier alpha value is -1.27. The molecule has 5 nitrogen and oxygen atoms in total. The van der Waals surface area contributed by atoms with Crippen LogP contribution < -0.4 is 0 Å². The fourth-order valence-electron chi connectivity index (χ4n) is 1.30. The summed E-state index contributed by atoms with van der Waals surface area (Å²) in [6.45, 7) is 1.70. The molecule has 2 aromatic rings. The fraction of sp³-hybridized carbons (Fsp3) is 0.222. The molecule has 2 aromatic heterocycles. The molecule has 0 fully saturated rings. The van der Waals surface area contributed by atoms with Crippen LogP contribution in [0.25, 0.3) is 11.5 Å². The fourth-order valence-corrected chi connectivity index (χ4v) is 2.21. The maximum Gasteiger partial charge on any atom is 0.238 e. The van der Waals surface area contributed by atoms with E-state index >= 15 is 0 Å². The Morgan fingerprint density at radius 2 is 2.25 bits per heavy atom. The number of nitrogens with zero attached hydrogens (tertiary/aromatic N) is 1. The van der Waals surface area contributed by atoms with Crippen molar-refractivity contribution < 1.29 is 17.4 Å². The molecule has 7 heteroatoms. The molecule has 0 bridgehead atoms. The summed E-state index contributed by atoms with van der Waals surface area (Å²) in [6, 6.07) is 3.40. The summed E-state index contributed by atoms with van der Waals surface area (Å²) in [5.41, 5.74) is 0.903. The highest BCUT2D eigenvalue weighted by atomic mass is 35.7. The molecule has 0 aliphatic carbocycles. The summed E-state index contributed by atoms with van der Waals surface area (Å²) in [7, 11) is 1.50. The van der Waals surface area contributed by atoms with E-state index in [1.165, 1.54) is 6.26 Å². The highest BCUT2D eigenvalue weighted by Crippen LogP contribution is 2.27. The van der Waals surface area contributed by atoms with Crippen LogP contribution in [0.3, 0.4) is 0 Å². The average molecular weight is 262 g/mol. The standard InChI is InChI=1S/C9H8ClNO4S/c1-6-7(5-16(10,12)13)11-15-9(6)8-3-2-4-14-8/h2-4H,5H2,1H3. The van der Waals surface area contributed by atoms with Gasteiger partial charge in [0.05, 0.1) is 6.26 Å². The van der Waals surface area contributed by atoms with Crippen molar-refractivity contribution in [2.75, 3.05) is 0 Å². The Labute approximate surface area is 96.4 Å². The molecule has 2 heterocycles. The molecule has 0 saturated carbocycles. The van der Waals surface area contributed by atoms with Crippen molar-refractivity contribution in [2.24, 2.45) is 0 Å². The van der Waals surface area contributed by atoms with Gasteiger partial charge in [-0.1, -0.05) is 5.16 Å². The first-order valence-corrected chi connectivity index (χ1v) is 6.86. The Morgan fingerprint density at radius 1 is 1.50 bits per heavy atom. The molecule has 0 spiro atoms. The Morgan fingerprint density at radius 3 is 2.81 bits per heavy atom. The molecule has 0 saturated heterocycles. The second-order valence-electron chi connectivity index (χ2n) is 3.24. The van der Waals surface area contributed by atoms with Gasteiger partial charge in [0.2, 0.25) is 14.8 Å². The lowest BCUT2D eigenvalue weighted by atomic mass is 10.2. The summed E-state index contributed by atoms with van der Waals surface area (Å²) >= 11 is 0. The van der Waals surface area contributed by atoms with Gasteiger partial charge in [0.1, 0.15) is 11.4 Å². The van der Waals surface area contributed by atoms with Gasteiger partial charge < -0.3 is 8.94 Å². The van der Waals surface area contributed by atoms with Crippen molar-refractivity contribution in [3.05, 3.63) is 29.7 Å². The molecular weight excluding hydrogens is 254 g/mol. The van der Waals surface area contributed by atoms with Crippen molar-refractivity contribution in [3.8, 4) is 11.5 Å². The normalized spacial score (nSPS) is 11.9. The topological polar surface area (TPSA) is 73.3 Å². The number of rotatable bonds is 3. The summed E-state index contributed by atoms with van der Waals surface area (Å²) in [4.78, 5) is 0. The van der Waals surface area contributed by atoms with Crippen LogP contribution in [0.2, 0.25) is 0 Å². The first kappa shape index (κ1) is 11.2. The molecular formula is C9H8ClNO4S. The van der Waals surface area contributed by atoms with Crippen LogP contribution in [0.4, 0.5) is 0 Å². The van der Waals surface area contributed by atoms with E-state index in [1.54, 1.807) is 19.1 Å². The maximum atomic E-state index is 10.9. The molecule has 2 rings (SSSR count). The first-order valence-electron chi connectivity index (χ1n) is 4.39. The summed E-state index contributed by atoms with van der Waals surface area (Å²) < 4.78 is 32.0. The molecule has 86 valence electrons. The number of aromatic nitrogens is 1. The van der Waals surface area contributed by atoms with E-state index in [9.17, 15) is 8.42 Å². The Bertz CT molecular complexity index is 585. The van der Waals surface area contributed by atoms with Crippen molar-refractivity contribution in [1.29, 1.82) is 0 Å². The number of halogens is 1. The van der Waals surface area contributed by atoms with Gasteiger partial charge in [0.15, 0.2) is 5.76 Å². The van der Waals surface area contributed by atoms with Gasteiger partial charge in [-0.05, 0) is 19.1 Å². The average Bonchev–Trinajstić information content (AvgIpc) is 2.75. The van der Waals surface area contributed by atoms with Crippen LogP contribution in [-0.2, 0) is 14.8 Å². The minimum Gasteiger partial charge on any atom is -0.461 e. The van der Waals surface area contributed by atoms with Crippen LogP contribution in [0.15, 0.2) is 27.3 Å². The van der Waals surface area contributed by atoms with Crippen molar-refractivity contribution in [1.82, 2.24) is 5.16 Å². The van der Waals surface area contributed by atoms with Gasteiger partial charge in [-0.15, -0.1) is 0 Å². The van der Waals surface area contributed by atoms with Gasteiger partial charge in [-0.2, -0.15) is 0 Å². The Kier molecular flexibility index (Phi) is 2.77. The molecule has 0 unspecified atom stereocenters. The zero-order chi connectivity index (χ0) is 11.8. The lowest BCUT2D eigenvalue weighted by molar-refractivity contribution is 0.412. The highest BCUT2D eigenvalue weighted by molar-refractivity contribution is 8.13. The van der Waals surface area contributed by atoms with Crippen LogP contribution in [0.1, 0.15) is 11.3 Å². The number of furan rings is 1. The van der Waals surface area contributed by atoms with Gasteiger partial charge in [0, 0.05) is 16.2 Å². The third-order valence-electron chi connectivity index (χ3n) is 2.07. The van der Waals surface area contributed by atoms with E-state index < -0.39 is 9.05 Å². The van der Waals surface area contributed by atoms with Crippen LogP contribution in [0.5, 0.6) is 0 Å². The number of hydrogen-bond donors (Lipinski definition) is 0. The lowest BCUT2D eigenvalue weighted by Gasteiger charge is -1.93. The van der Waals surface area contributed by atoms with Crippen molar-refractivity contribution in [2.45, 2.75) is 12.7 Å². The van der Waals surface area contributed by atoms with E-state index in [0.717, 1.165) is 0 Å². The second kappa shape index (κ2) is 3.95. The maximum absolute atomic E-state index is 10.9. The third-order valence-corrected chi connectivity index (χ3v) is 3.02. The summed E-state index contributed by atoms with van der Waals surface area (Å²) in [6.07, 6.45) is 1.50. The van der Waals surface area contributed by atoms with Crippen molar-refractivity contribution in [3.63, 3.8) is 0 Å². The minimum absolute atomic E-state index is 0.293. The van der Waals surface area contributed by atoms with Crippen LogP contribution >= 0.6 is 10.7 Å². The molecule has 0 radical (unpaired) electrons. The molecule has 0 aliphatic rings. The van der Waals surface area contributed by atoms with Gasteiger partial charge in [-0.25, -0.2) is 8.42 Å². The van der Waals surface area contributed by atoms with E-state index in [4.69, 9.17) is 19.6 Å². The quantitative estimate of drug-likeness (QED) is 0.793. The highest BCUT2D eigenvalue weighted by Gasteiger charge is 2.19. The van der Waals surface area contributed by atoms with Crippen LogP contribution in [-0.4, -0.2) is 13.6 Å². The first-order chi connectivity index (χ1) is 7.47. The Balaban J connectivity index is 2.39. The van der Waals surface area contributed by atoms with E-state index in [-0.39, 0.29) is 5.75 Å². The third kappa shape index (κ3) is 2.28. The van der Waals surface area contributed by atoms with Gasteiger partial charge in [0.25, 0.3) is 0 Å². The molecule has 0 aliphatic heterocycles. The SMILES string of the molecule is Cc1c(CS(=O)(=O)Cl)noc1-c1ccco1.